The Morgan fingerprint density at radius 3 is 1.67 bits per heavy atom. The van der Waals surface area contributed by atoms with Gasteiger partial charge in [-0.25, -0.2) is 0 Å². The number of hydrogen-bond donors (Lipinski definition) is 2. The molecule has 0 spiro atoms. The lowest BCUT2D eigenvalue weighted by atomic mass is 9.84. The molecule has 0 aliphatic heterocycles. The SMILES string of the molecule is N[C@@H](CSC(c1ccccc1)(c1ccccc1)c1ccccc1)C(=O)Nc1ccc2ccccc2c1. The standard InChI is InChI=1S/C32H28N2OS/c33-30(31(35)34-29-21-20-24-12-10-11-13-25(24)22-29)23-36-32(26-14-4-1-5-15-26,27-16-6-2-7-17-27)28-18-8-3-9-19-28/h1-22,30H,23,33H2,(H,34,35)/t30-/m0/s1. The summed E-state index contributed by atoms with van der Waals surface area (Å²) in [5.41, 5.74) is 10.7. The Balaban J connectivity index is 1.44. The first kappa shape index (κ1) is 23.9. The summed E-state index contributed by atoms with van der Waals surface area (Å²) in [6, 6.07) is 44.6. The van der Waals surface area contributed by atoms with Crippen molar-refractivity contribution in [3.05, 3.63) is 150 Å². The molecule has 0 radical (unpaired) electrons. The minimum Gasteiger partial charge on any atom is -0.325 e. The second-order valence-electron chi connectivity index (χ2n) is 8.75. The van der Waals surface area contributed by atoms with Crippen LogP contribution in [0.15, 0.2) is 133 Å². The van der Waals surface area contributed by atoms with Crippen molar-refractivity contribution < 1.29 is 4.79 Å². The Morgan fingerprint density at radius 2 is 1.14 bits per heavy atom. The van der Waals surface area contributed by atoms with E-state index in [0.717, 1.165) is 33.2 Å². The number of rotatable bonds is 8. The van der Waals surface area contributed by atoms with Gasteiger partial charge >= 0.3 is 0 Å². The predicted octanol–water partition coefficient (Wildman–Crippen LogP) is 6.83. The molecule has 36 heavy (non-hydrogen) atoms. The van der Waals surface area contributed by atoms with E-state index in [1.165, 1.54) is 0 Å². The van der Waals surface area contributed by atoms with Gasteiger partial charge in [0.25, 0.3) is 0 Å². The van der Waals surface area contributed by atoms with Crippen molar-refractivity contribution in [1.29, 1.82) is 0 Å². The zero-order chi connectivity index (χ0) is 24.8. The van der Waals surface area contributed by atoms with E-state index in [0.29, 0.717) is 5.75 Å². The van der Waals surface area contributed by atoms with E-state index in [9.17, 15) is 4.79 Å². The van der Waals surface area contributed by atoms with Crippen molar-refractivity contribution in [1.82, 2.24) is 0 Å². The summed E-state index contributed by atoms with van der Waals surface area (Å²) in [6.07, 6.45) is 0. The van der Waals surface area contributed by atoms with Gasteiger partial charge in [-0.05, 0) is 39.6 Å². The van der Waals surface area contributed by atoms with Crippen LogP contribution in [0.5, 0.6) is 0 Å². The van der Waals surface area contributed by atoms with E-state index in [1.807, 2.05) is 54.6 Å². The fourth-order valence-corrected chi connectivity index (χ4v) is 6.05. The van der Waals surface area contributed by atoms with Gasteiger partial charge in [-0.15, -0.1) is 11.8 Å². The molecule has 5 rings (SSSR count). The van der Waals surface area contributed by atoms with Crippen molar-refractivity contribution in [2.75, 3.05) is 11.1 Å². The lowest BCUT2D eigenvalue weighted by molar-refractivity contribution is -0.116. The number of carbonyl (C=O) groups is 1. The van der Waals surface area contributed by atoms with Crippen molar-refractivity contribution in [2.24, 2.45) is 5.73 Å². The maximum absolute atomic E-state index is 13.1. The molecule has 5 aromatic carbocycles. The van der Waals surface area contributed by atoms with Crippen molar-refractivity contribution >= 4 is 34.1 Å². The fourth-order valence-electron chi connectivity index (χ4n) is 4.56. The molecule has 5 aromatic rings. The molecule has 1 atom stereocenters. The van der Waals surface area contributed by atoms with E-state index in [1.54, 1.807) is 11.8 Å². The third-order valence-electron chi connectivity index (χ3n) is 6.37. The van der Waals surface area contributed by atoms with Crippen LogP contribution in [0.25, 0.3) is 10.8 Å². The van der Waals surface area contributed by atoms with Gasteiger partial charge in [-0.1, -0.05) is 121 Å². The molecular formula is C32H28N2OS. The minimum absolute atomic E-state index is 0.194. The molecule has 3 N–H and O–H groups in total. The highest BCUT2D eigenvalue weighted by molar-refractivity contribution is 8.00. The Hall–Kier alpha value is -3.86. The Morgan fingerprint density at radius 1 is 0.667 bits per heavy atom. The molecule has 0 bridgehead atoms. The molecule has 0 aliphatic carbocycles. The fraction of sp³-hybridized carbons (Fsp3) is 0.0938. The first-order chi connectivity index (χ1) is 17.7. The molecule has 3 nitrogen and oxygen atoms in total. The second-order valence-corrected chi connectivity index (χ2v) is 9.98. The number of carbonyl (C=O) groups excluding carboxylic acids is 1. The number of nitrogens with one attached hydrogen (secondary N) is 1. The summed E-state index contributed by atoms with van der Waals surface area (Å²) in [7, 11) is 0. The highest BCUT2D eigenvalue weighted by Gasteiger charge is 2.37. The van der Waals surface area contributed by atoms with Crippen LogP contribution >= 0.6 is 11.8 Å². The van der Waals surface area contributed by atoms with Gasteiger partial charge in [-0.2, -0.15) is 0 Å². The van der Waals surface area contributed by atoms with Crippen LogP contribution in [0.4, 0.5) is 5.69 Å². The predicted molar refractivity (Wildman–Crippen MR) is 152 cm³/mol. The summed E-state index contributed by atoms with van der Waals surface area (Å²) < 4.78 is -0.509. The molecule has 0 saturated heterocycles. The van der Waals surface area contributed by atoms with Crippen LogP contribution in [0.3, 0.4) is 0 Å². The lowest BCUT2D eigenvalue weighted by Crippen LogP contribution is -2.39. The zero-order valence-electron chi connectivity index (χ0n) is 19.9. The molecule has 0 heterocycles. The Kier molecular flexibility index (Phi) is 7.17. The van der Waals surface area contributed by atoms with Crippen LogP contribution in [0.2, 0.25) is 0 Å². The molecule has 0 saturated carbocycles. The van der Waals surface area contributed by atoms with Gasteiger partial charge < -0.3 is 11.1 Å². The Labute approximate surface area is 216 Å². The van der Waals surface area contributed by atoms with E-state index < -0.39 is 10.8 Å². The maximum Gasteiger partial charge on any atom is 0.242 e. The van der Waals surface area contributed by atoms with Gasteiger partial charge in [0.15, 0.2) is 0 Å². The van der Waals surface area contributed by atoms with E-state index >= 15 is 0 Å². The molecule has 4 heteroatoms. The van der Waals surface area contributed by atoms with E-state index in [4.69, 9.17) is 5.73 Å². The van der Waals surface area contributed by atoms with Crippen LogP contribution < -0.4 is 11.1 Å². The number of nitrogens with two attached hydrogens (primary N) is 1. The number of fused-ring (bicyclic) bond motifs is 1. The average molecular weight is 489 g/mol. The summed E-state index contributed by atoms with van der Waals surface area (Å²) in [5, 5.41) is 5.22. The molecule has 0 unspecified atom stereocenters. The number of benzene rings is 5. The van der Waals surface area contributed by atoms with Gasteiger partial charge in [-0.3, -0.25) is 4.79 Å². The highest BCUT2D eigenvalue weighted by atomic mass is 32.2. The van der Waals surface area contributed by atoms with Gasteiger partial charge in [0.1, 0.15) is 0 Å². The second kappa shape index (κ2) is 10.8. The van der Waals surface area contributed by atoms with Crippen LogP contribution in [0, 0.1) is 0 Å². The average Bonchev–Trinajstić information content (AvgIpc) is 2.95. The largest absolute Gasteiger partial charge is 0.325 e. The maximum atomic E-state index is 13.1. The molecule has 1 amide bonds. The monoisotopic (exact) mass is 488 g/mol. The van der Waals surface area contributed by atoms with Crippen molar-refractivity contribution in [3.8, 4) is 0 Å². The molecule has 0 fully saturated rings. The quantitative estimate of drug-likeness (QED) is 0.235. The van der Waals surface area contributed by atoms with E-state index in [-0.39, 0.29) is 5.91 Å². The minimum atomic E-state index is -0.683. The third kappa shape index (κ3) is 4.92. The molecule has 178 valence electrons. The van der Waals surface area contributed by atoms with E-state index in [2.05, 4.69) is 84.2 Å². The lowest BCUT2D eigenvalue weighted by Gasteiger charge is -2.36. The van der Waals surface area contributed by atoms with Gasteiger partial charge in [0.2, 0.25) is 5.91 Å². The van der Waals surface area contributed by atoms with Crippen molar-refractivity contribution in [2.45, 2.75) is 10.8 Å². The number of amides is 1. The van der Waals surface area contributed by atoms with Gasteiger partial charge in [0, 0.05) is 11.4 Å². The molecule has 0 aliphatic rings. The highest BCUT2D eigenvalue weighted by Crippen LogP contribution is 2.48. The Bertz CT molecular complexity index is 1340. The summed E-state index contributed by atoms with van der Waals surface area (Å²) in [4.78, 5) is 13.1. The summed E-state index contributed by atoms with van der Waals surface area (Å²) >= 11 is 1.69. The normalized spacial score (nSPS) is 12.2. The van der Waals surface area contributed by atoms with Crippen LogP contribution in [-0.4, -0.2) is 17.7 Å². The topological polar surface area (TPSA) is 55.1 Å². The number of anilines is 1. The zero-order valence-corrected chi connectivity index (χ0v) is 20.7. The first-order valence-corrected chi connectivity index (χ1v) is 13.0. The summed E-state index contributed by atoms with van der Waals surface area (Å²) in [5.74, 6) is 0.249. The smallest absolute Gasteiger partial charge is 0.242 e. The molecular weight excluding hydrogens is 460 g/mol. The van der Waals surface area contributed by atoms with Crippen LogP contribution in [0.1, 0.15) is 16.7 Å². The third-order valence-corrected chi connectivity index (χ3v) is 8.04. The number of hydrogen-bond acceptors (Lipinski definition) is 3. The summed E-state index contributed by atoms with van der Waals surface area (Å²) in [6.45, 7) is 0. The van der Waals surface area contributed by atoms with Crippen LogP contribution in [-0.2, 0) is 9.54 Å². The number of thioether (sulfide) groups is 1. The first-order valence-electron chi connectivity index (χ1n) is 12.0. The van der Waals surface area contributed by atoms with Gasteiger partial charge in [0.05, 0.1) is 10.8 Å². The van der Waals surface area contributed by atoms with Crippen molar-refractivity contribution in [3.63, 3.8) is 0 Å². The molecule has 0 aromatic heterocycles.